The number of aromatic nitrogens is 2. The van der Waals surface area contributed by atoms with Crippen LogP contribution in [-0.2, 0) is 14.3 Å². The van der Waals surface area contributed by atoms with Crippen LogP contribution in [0.5, 0.6) is 0 Å². The van der Waals surface area contributed by atoms with Gasteiger partial charge in [0, 0.05) is 20.1 Å². The van der Waals surface area contributed by atoms with Crippen molar-refractivity contribution in [2.45, 2.75) is 39.5 Å². The van der Waals surface area contributed by atoms with Gasteiger partial charge in [0.25, 0.3) is 5.91 Å². The molecule has 1 aromatic heterocycles. The maximum Gasteiger partial charge on any atom is 0.309 e. The van der Waals surface area contributed by atoms with E-state index in [1.54, 1.807) is 35.7 Å². The highest BCUT2D eigenvalue weighted by Crippen LogP contribution is 2.24. The van der Waals surface area contributed by atoms with Crippen LogP contribution in [0.15, 0.2) is 30.5 Å². The third-order valence-electron chi connectivity index (χ3n) is 5.84. The Labute approximate surface area is 193 Å². The molecule has 9 heteroatoms. The molecular weight excluding hydrogens is 427 g/mol. The number of ether oxygens (including phenoxy) is 1. The van der Waals surface area contributed by atoms with Crippen molar-refractivity contribution in [1.29, 1.82) is 0 Å². The fourth-order valence-electron chi connectivity index (χ4n) is 4.07. The Morgan fingerprint density at radius 3 is 2.39 bits per heavy atom. The first-order valence-electron chi connectivity index (χ1n) is 11.3. The molecule has 2 aromatic rings. The molecule has 2 heterocycles. The Morgan fingerprint density at radius 2 is 1.82 bits per heavy atom. The predicted octanol–water partition coefficient (Wildman–Crippen LogP) is 3.01. The second-order valence-electron chi connectivity index (χ2n) is 8.55. The van der Waals surface area contributed by atoms with Gasteiger partial charge in [0.2, 0.25) is 5.91 Å². The molecule has 1 aliphatic heterocycles. The zero-order valence-corrected chi connectivity index (χ0v) is 19.6. The number of carbonyl (C=O) groups excluding carboxylic acids is 3. The maximum atomic E-state index is 13.3. The van der Waals surface area contributed by atoms with Crippen LogP contribution in [0.1, 0.15) is 55.6 Å². The molecule has 178 valence electrons. The number of carbonyl (C=O) groups is 3. The second-order valence-corrected chi connectivity index (χ2v) is 8.55. The molecule has 0 aliphatic carbocycles. The third kappa shape index (κ3) is 5.58. The van der Waals surface area contributed by atoms with E-state index >= 15 is 0 Å². The molecule has 0 N–H and O–H groups in total. The number of hydrogen-bond acceptors (Lipinski definition) is 5. The van der Waals surface area contributed by atoms with Crippen LogP contribution in [0.25, 0.3) is 5.69 Å². The van der Waals surface area contributed by atoms with E-state index in [1.165, 1.54) is 23.2 Å². The van der Waals surface area contributed by atoms with Crippen LogP contribution in [-0.4, -0.2) is 70.7 Å². The minimum absolute atomic E-state index is 0.0255. The summed E-state index contributed by atoms with van der Waals surface area (Å²) in [5.74, 6) is -1.23. The normalized spacial score (nSPS) is 14.4. The topological polar surface area (TPSA) is 84.7 Å². The SMILES string of the molecule is CCOC(=O)C1CCN(C(=O)CN(C)C(=O)c2cnn(-c3ccc(F)cc3)c2C(C)C)CC1. The molecule has 2 amide bonds. The summed E-state index contributed by atoms with van der Waals surface area (Å²) in [5, 5.41) is 4.36. The van der Waals surface area contributed by atoms with Crippen LogP contribution in [0, 0.1) is 11.7 Å². The van der Waals surface area contributed by atoms with Crippen LogP contribution in [0.2, 0.25) is 0 Å². The van der Waals surface area contributed by atoms with E-state index in [4.69, 9.17) is 4.74 Å². The van der Waals surface area contributed by atoms with Crippen molar-refractivity contribution in [1.82, 2.24) is 19.6 Å². The molecule has 0 spiro atoms. The Kier molecular flexibility index (Phi) is 7.84. The minimum Gasteiger partial charge on any atom is -0.466 e. The molecule has 1 saturated heterocycles. The zero-order valence-electron chi connectivity index (χ0n) is 19.6. The van der Waals surface area contributed by atoms with Crippen LogP contribution in [0.3, 0.4) is 0 Å². The molecule has 0 bridgehead atoms. The molecule has 8 nitrogen and oxygen atoms in total. The van der Waals surface area contributed by atoms with Gasteiger partial charge in [-0.05, 0) is 49.9 Å². The Morgan fingerprint density at radius 1 is 1.18 bits per heavy atom. The molecule has 0 saturated carbocycles. The molecule has 33 heavy (non-hydrogen) atoms. The van der Waals surface area contributed by atoms with E-state index in [-0.39, 0.29) is 42.0 Å². The lowest BCUT2D eigenvalue weighted by atomic mass is 9.97. The van der Waals surface area contributed by atoms with Gasteiger partial charge in [0.15, 0.2) is 0 Å². The molecule has 0 unspecified atom stereocenters. The average molecular weight is 459 g/mol. The summed E-state index contributed by atoms with van der Waals surface area (Å²) in [6.07, 6.45) is 2.61. The molecule has 3 rings (SSSR count). The predicted molar refractivity (Wildman–Crippen MR) is 121 cm³/mol. The Bertz CT molecular complexity index is 994. The van der Waals surface area contributed by atoms with E-state index in [1.807, 2.05) is 13.8 Å². The number of piperidine rings is 1. The number of halogens is 1. The van der Waals surface area contributed by atoms with Crippen molar-refractivity contribution in [3.05, 3.63) is 47.5 Å². The van der Waals surface area contributed by atoms with Crippen LogP contribution >= 0.6 is 0 Å². The number of benzene rings is 1. The highest BCUT2D eigenvalue weighted by Gasteiger charge is 2.30. The van der Waals surface area contributed by atoms with Gasteiger partial charge in [0.05, 0.1) is 42.2 Å². The lowest BCUT2D eigenvalue weighted by Gasteiger charge is -2.32. The summed E-state index contributed by atoms with van der Waals surface area (Å²) in [6, 6.07) is 5.91. The smallest absolute Gasteiger partial charge is 0.309 e. The van der Waals surface area contributed by atoms with Crippen LogP contribution < -0.4 is 0 Å². The highest BCUT2D eigenvalue weighted by molar-refractivity contribution is 5.97. The Hall–Kier alpha value is -3.23. The van der Waals surface area contributed by atoms with Gasteiger partial charge in [-0.2, -0.15) is 5.10 Å². The number of likely N-dealkylation sites (tertiary alicyclic amines) is 1. The number of esters is 1. The number of likely N-dealkylation sites (N-methyl/N-ethyl adjacent to an activating group) is 1. The van der Waals surface area contributed by atoms with Crippen molar-refractivity contribution in [3.63, 3.8) is 0 Å². The molecule has 1 aromatic carbocycles. The van der Waals surface area contributed by atoms with E-state index in [0.717, 1.165) is 0 Å². The average Bonchev–Trinajstić information content (AvgIpc) is 3.24. The standard InChI is InChI=1S/C24H31FN4O4/c1-5-33-24(32)17-10-12-28(13-11-17)21(30)15-27(4)23(31)20-14-26-29(22(20)16(2)3)19-8-6-18(25)7-9-19/h6-9,14,16-17H,5,10-13,15H2,1-4H3. The molecule has 1 aliphatic rings. The fraction of sp³-hybridized carbons (Fsp3) is 0.500. The zero-order chi connectivity index (χ0) is 24.1. The van der Waals surface area contributed by atoms with Gasteiger partial charge in [-0.1, -0.05) is 13.8 Å². The van der Waals surface area contributed by atoms with Gasteiger partial charge in [-0.3, -0.25) is 14.4 Å². The summed E-state index contributed by atoms with van der Waals surface area (Å²) in [7, 11) is 1.59. The van der Waals surface area contributed by atoms with E-state index in [2.05, 4.69) is 5.10 Å². The van der Waals surface area contributed by atoms with Gasteiger partial charge in [-0.15, -0.1) is 0 Å². The van der Waals surface area contributed by atoms with Gasteiger partial charge in [-0.25, -0.2) is 9.07 Å². The van der Waals surface area contributed by atoms with Crippen molar-refractivity contribution >= 4 is 17.8 Å². The minimum atomic E-state index is -0.349. The van der Waals surface area contributed by atoms with E-state index < -0.39 is 0 Å². The van der Waals surface area contributed by atoms with Crippen molar-refractivity contribution in [2.75, 3.05) is 33.3 Å². The Balaban J connectivity index is 1.67. The number of rotatable bonds is 7. The summed E-state index contributed by atoms with van der Waals surface area (Å²) < 4.78 is 20.0. The highest BCUT2D eigenvalue weighted by atomic mass is 19.1. The first kappa shape index (κ1) is 24.4. The fourth-order valence-corrected chi connectivity index (χ4v) is 4.07. The number of nitrogens with zero attached hydrogens (tertiary/aromatic N) is 4. The summed E-state index contributed by atoms with van der Waals surface area (Å²) >= 11 is 0. The van der Waals surface area contributed by atoms with Crippen molar-refractivity contribution in [2.24, 2.45) is 5.92 Å². The number of amides is 2. The number of hydrogen-bond donors (Lipinski definition) is 0. The summed E-state index contributed by atoms with van der Waals surface area (Å²) in [6.45, 7) is 6.88. The van der Waals surface area contributed by atoms with Gasteiger partial charge in [0.1, 0.15) is 5.82 Å². The monoisotopic (exact) mass is 458 g/mol. The van der Waals surface area contributed by atoms with Crippen molar-refractivity contribution in [3.8, 4) is 5.69 Å². The molecule has 0 atom stereocenters. The third-order valence-corrected chi connectivity index (χ3v) is 5.84. The van der Waals surface area contributed by atoms with Gasteiger partial charge >= 0.3 is 5.97 Å². The molecule has 0 radical (unpaired) electrons. The van der Waals surface area contributed by atoms with Crippen LogP contribution in [0.4, 0.5) is 4.39 Å². The second kappa shape index (κ2) is 10.6. The largest absolute Gasteiger partial charge is 0.466 e. The first-order chi connectivity index (χ1) is 15.7. The van der Waals surface area contributed by atoms with Gasteiger partial charge < -0.3 is 14.5 Å². The lowest BCUT2D eigenvalue weighted by molar-refractivity contribution is -0.151. The summed E-state index contributed by atoms with van der Waals surface area (Å²) in [5.41, 5.74) is 1.76. The van der Waals surface area contributed by atoms with E-state index in [0.29, 0.717) is 49.5 Å². The quantitative estimate of drug-likeness (QED) is 0.596. The molecule has 1 fully saturated rings. The first-order valence-corrected chi connectivity index (χ1v) is 11.3. The molecular formula is C24H31FN4O4. The summed E-state index contributed by atoms with van der Waals surface area (Å²) in [4.78, 5) is 40.9. The maximum absolute atomic E-state index is 13.3. The van der Waals surface area contributed by atoms with E-state index in [9.17, 15) is 18.8 Å². The van der Waals surface area contributed by atoms with Crippen molar-refractivity contribution < 1.29 is 23.5 Å². The lowest BCUT2D eigenvalue weighted by Crippen LogP contribution is -2.45.